The van der Waals surface area contributed by atoms with Gasteiger partial charge in [0.25, 0.3) is 0 Å². The summed E-state index contributed by atoms with van der Waals surface area (Å²) in [4.78, 5) is 4.28. The van der Waals surface area contributed by atoms with Gasteiger partial charge in [0.2, 0.25) is 5.95 Å². The van der Waals surface area contributed by atoms with Crippen molar-refractivity contribution in [1.82, 2.24) is 14.1 Å². The SMILES string of the molecule is CCc1cc(-c2cnc(N)n2-c2ccc3c(c2)c(C)c(C)n3C)c(O)cc1O. The predicted molar refractivity (Wildman–Crippen MR) is 112 cm³/mol. The monoisotopic (exact) mass is 376 g/mol. The number of aromatic nitrogens is 3. The summed E-state index contributed by atoms with van der Waals surface area (Å²) in [5, 5.41) is 21.6. The van der Waals surface area contributed by atoms with Crippen molar-refractivity contribution >= 4 is 16.9 Å². The molecule has 0 radical (unpaired) electrons. The van der Waals surface area contributed by atoms with Crippen LogP contribution in [-0.2, 0) is 13.5 Å². The Bertz CT molecular complexity index is 1220. The molecule has 0 aliphatic carbocycles. The lowest BCUT2D eigenvalue weighted by Crippen LogP contribution is -2.03. The van der Waals surface area contributed by atoms with Gasteiger partial charge in [0, 0.05) is 41.0 Å². The molecule has 28 heavy (non-hydrogen) atoms. The summed E-state index contributed by atoms with van der Waals surface area (Å²) in [6.07, 6.45) is 2.30. The molecule has 4 rings (SSSR count). The summed E-state index contributed by atoms with van der Waals surface area (Å²) in [5.41, 5.74) is 12.7. The van der Waals surface area contributed by atoms with Crippen LogP contribution in [0.3, 0.4) is 0 Å². The van der Waals surface area contributed by atoms with E-state index in [0.717, 1.165) is 22.2 Å². The highest BCUT2D eigenvalue weighted by molar-refractivity contribution is 5.87. The van der Waals surface area contributed by atoms with E-state index < -0.39 is 0 Å². The fourth-order valence-corrected chi connectivity index (χ4v) is 3.82. The summed E-state index contributed by atoms with van der Waals surface area (Å²) in [6.45, 7) is 6.17. The molecule has 0 saturated heterocycles. The van der Waals surface area contributed by atoms with Crippen molar-refractivity contribution in [2.75, 3.05) is 5.73 Å². The minimum atomic E-state index is -0.0105. The van der Waals surface area contributed by atoms with Crippen LogP contribution in [0, 0.1) is 13.8 Å². The first kappa shape index (κ1) is 18.0. The number of hydrogen-bond donors (Lipinski definition) is 3. The van der Waals surface area contributed by atoms with Crippen LogP contribution in [0.15, 0.2) is 36.5 Å². The highest BCUT2D eigenvalue weighted by atomic mass is 16.3. The van der Waals surface area contributed by atoms with Crippen molar-refractivity contribution in [3.05, 3.63) is 53.3 Å². The zero-order valence-electron chi connectivity index (χ0n) is 16.5. The molecule has 2 aromatic heterocycles. The molecule has 0 atom stereocenters. The van der Waals surface area contributed by atoms with E-state index in [1.165, 1.54) is 17.3 Å². The van der Waals surface area contributed by atoms with Gasteiger partial charge in [-0.3, -0.25) is 4.57 Å². The Labute approximate surface area is 163 Å². The fourth-order valence-electron chi connectivity index (χ4n) is 3.82. The second-order valence-corrected chi connectivity index (χ2v) is 7.16. The Morgan fingerprint density at radius 1 is 1.07 bits per heavy atom. The average molecular weight is 376 g/mol. The van der Waals surface area contributed by atoms with Crippen LogP contribution in [0.5, 0.6) is 11.5 Å². The third kappa shape index (κ3) is 2.52. The number of aryl methyl sites for hydroxylation is 3. The molecule has 6 nitrogen and oxygen atoms in total. The normalized spacial score (nSPS) is 11.4. The van der Waals surface area contributed by atoms with Gasteiger partial charge in [-0.1, -0.05) is 6.92 Å². The van der Waals surface area contributed by atoms with Crippen molar-refractivity contribution in [3.8, 4) is 28.4 Å². The molecule has 0 aliphatic rings. The topological polar surface area (TPSA) is 89.2 Å². The Morgan fingerprint density at radius 2 is 1.82 bits per heavy atom. The molecule has 0 fully saturated rings. The first-order valence-electron chi connectivity index (χ1n) is 9.28. The van der Waals surface area contributed by atoms with Crippen LogP contribution in [0.4, 0.5) is 5.95 Å². The molecule has 6 heteroatoms. The molecule has 2 aromatic carbocycles. The number of nitrogens with zero attached hydrogens (tertiary/aromatic N) is 3. The van der Waals surface area contributed by atoms with Crippen LogP contribution in [0.25, 0.3) is 27.8 Å². The molecule has 0 bridgehead atoms. The summed E-state index contributed by atoms with van der Waals surface area (Å²) < 4.78 is 4.00. The highest BCUT2D eigenvalue weighted by Crippen LogP contribution is 2.38. The van der Waals surface area contributed by atoms with Crippen molar-refractivity contribution in [3.63, 3.8) is 0 Å². The molecule has 4 aromatic rings. The van der Waals surface area contributed by atoms with Crippen LogP contribution in [0.1, 0.15) is 23.7 Å². The van der Waals surface area contributed by atoms with Gasteiger partial charge in [-0.25, -0.2) is 4.98 Å². The minimum Gasteiger partial charge on any atom is -0.508 e. The van der Waals surface area contributed by atoms with Gasteiger partial charge >= 0.3 is 0 Å². The van der Waals surface area contributed by atoms with E-state index in [9.17, 15) is 10.2 Å². The Kier molecular flexibility index (Phi) is 4.07. The number of phenolic OH excluding ortho intramolecular Hbond substituents is 2. The number of nitrogen functional groups attached to an aromatic ring is 1. The smallest absolute Gasteiger partial charge is 0.205 e. The maximum absolute atomic E-state index is 10.5. The van der Waals surface area contributed by atoms with Crippen LogP contribution in [-0.4, -0.2) is 24.3 Å². The zero-order valence-corrected chi connectivity index (χ0v) is 16.5. The predicted octanol–water partition coefficient (Wildman–Crippen LogP) is 4.20. The maximum atomic E-state index is 10.5. The van der Waals surface area contributed by atoms with Gasteiger partial charge in [-0.05, 0) is 55.7 Å². The number of benzene rings is 2. The van der Waals surface area contributed by atoms with Gasteiger partial charge in [0.1, 0.15) is 11.5 Å². The number of nitrogens with two attached hydrogens (primary N) is 1. The molecule has 2 heterocycles. The van der Waals surface area contributed by atoms with Crippen molar-refractivity contribution in [2.24, 2.45) is 7.05 Å². The third-order valence-corrected chi connectivity index (χ3v) is 5.69. The summed E-state index contributed by atoms with van der Waals surface area (Å²) in [7, 11) is 2.06. The van der Waals surface area contributed by atoms with E-state index in [2.05, 4.69) is 42.6 Å². The molecule has 0 aliphatic heterocycles. The van der Waals surface area contributed by atoms with Crippen LogP contribution < -0.4 is 5.73 Å². The number of fused-ring (bicyclic) bond motifs is 1. The lowest BCUT2D eigenvalue weighted by Gasteiger charge is -2.13. The summed E-state index contributed by atoms with van der Waals surface area (Å²) in [6, 6.07) is 9.32. The Morgan fingerprint density at radius 3 is 2.54 bits per heavy atom. The maximum Gasteiger partial charge on any atom is 0.205 e. The molecule has 0 saturated carbocycles. The van der Waals surface area contributed by atoms with Gasteiger partial charge in [-0.15, -0.1) is 0 Å². The van der Waals surface area contributed by atoms with Gasteiger partial charge < -0.3 is 20.5 Å². The van der Waals surface area contributed by atoms with Gasteiger partial charge in [0.05, 0.1) is 11.9 Å². The number of phenols is 2. The molecular weight excluding hydrogens is 352 g/mol. The molecule has 0 unspecified atom stereocenters. The van der Waals surface area contributed by atoms with Gasteiger partial charge in [-0.2, -0.15) is 0 Å². The summed E-state index contributed by atoms with van der Waals surface area (Å²) in [5.74, 6) is 0.411. The minimum absolute atomic E-state index is 0.0105. The average Bonchev–Trinajstić information content (AvgIpc) is 3.15. The largest absolute Gasteiger partial charge is 0.508 e. The fraction of sp³-hybridized carbons (Fsp3) is 0.227. The first-order valence-corrected chi connectivity index (χ1v) is 9.28. The van der Waals surface area contributed by atoms with E-state index in [1.54, 1.807) is 12.3 Å². The van der Waals surface area contributed by atoms with Gasteiger partial charge in [0.15, 0.2) is 0 Å². The quantitative estimate of drug-likeness (QED) is 0.500. The molecule has 4 N–H and O–H groups in total. The van der Waals surface area contributed by atoms with Crippen molar-refractivity contribution in [2.45, 2.75) is 27.2 Å². The van der Waals surface area contributed by atoms with E-state index in [-0.39, 0.29) is 11.5 Å². The second kappa shape index (κ2) is 6.34. The number of aromatic hydroxyl groups is 2. The molecule has 144 valence electrons. The van der Waals surface area contributed by atoms with Crippen LogP contribution in [0.2, 0.25) is 0 Å². The standard InChI is InChI=1S/C22H24N4O2/c1-5-14-8-17(21(28)10-20(14)27)19-11-24-22(23)26(19)15-6-7-18-16(9-15)12(2)13(3)25(18)4/h6-11,27-28H,5H2,1-4H3,(H2,23,24). The third-order valence-electron chi connectivity index (χ3n) is 5.69. The van der Waals surface area contributed by atoms with E-state index >= 15 is 0 Å². The molecular formula is C22H24N4O2. The van der Waals surface area contributed by atoms with Crippen molar-refractivity contribution < 1.29 is 10.2 Å². The lowest BCUT2D eigenvalue weighted by atomic mass is 10.0. The number of rotatable bonds is 3. The van der Waals surface area contributed by atoms with Crippen LogP contribution >= 0.6 is 0 Å². The number of hydrogen-bond acceptors (Lipinski definition) is 4. The highest BCUT2D eigenvalue weighted by Gasteiger charge is 2.18. The van der Waals surface area contributed by atoms with Crippen molar-refractivity contribution in [1.29, 1.82) is 0 Å². The molecule has 0 amide bonds. The summed E-state index contributed by atoms with van der Waals surface area (Å²) >= 11 is 0. The number of anilines is 1. The Hall–Kier alpha value is -3.41. The first-order chi connectivity index (χ1) is 13.3. The van der Waals surface area contributed by atoms with E-state index in [1.807, 2.05) is 17.6 Å². The molecule has 0 spiro atoms. The zero-order chi connectivity index (χ0) is 20.2. The Balaban J connectivity index is 1.96. The number of imidazole rings is 1. The van der Waals surface area contributed by atoms with E-state index in [0.29, 0.717) is 23.6 Å². The second-order valence-electron chi connectivity index (χ2n) is 7.16. The van der Waals surface area contributed by atoms with E-state index in [4.69, 9.17) is 5.73 Å². The lowest BCUT2D eigenvalue weighted by molar-refractivity contribution is 0.447.